The van der Waals surface area contributed by atoms with E-state index in [0.717, 1.165) is 35.5 Å². The lowest BCUT2D eigenvalue weighted by Crippen LogP contribution is -2.26. The van der Waals surface area contributed by atoms with Crippen LogP contribution in [-0.4, -0.2) is 34.8 Å². The van der Waals surface area contributed by atoms with Crippen LogP contribution >= 0.6 is 11.3 Å². The highest BCUT2D eigenvalue weighted by Gasteiger charge is 2.14. The number of aryl methyl sites for hydroxylation is 1. The van der Waals surface area contributed by atoms with Crippen LogP contribution in [-0.2, 0) is 0 Å². The van der Waals surface area contributed by atoms with Gasteiger partial charge in [0.1, 0.15) is 10.6 Å². The van der Waals surface area contributed by atoms with Crippen molar-refractivity contribution in [2.45, 2.75) is 20.3 Å². The second kappa shape index (κ2) is 5.49. The third-order valence-corrected chi connectivity index (χ3v) is 3.72. The van der Waals surface area contributed by atoms with Crippen LogP contribution in [0.25, 0.3) is 10.2 Å². The quantitative estimate of drug-likeness (QED) is 0.863. The van der Waals surface area contributed by atoms with Crippen molar-refractivity contribution >= 4 is 33.3 Å². The van der Waals surface area contributed by atoms with Gasteiger partial charge in [-0.15, -0.1) is 11.3 Å². The minimum atomic E-state index is 0.183. The fraction of sp³-hybridized carbons (Fsp3) is 0.500. The Bertz CT molecular complexity index is 540. The summed E-state index contributed by atoms with van der Waals surface area (Å²) in [6.07, 6.45) is 0.725. The topological polar surface area (TPSA) is 75.3 Å². The number of nitrogens with two attached hydrogens (primary N) is 1. The molecule has 0 saturated heterocycles. The van der Waals surface area contributed by atoms with Gasteiger partial charge in [0.15, 0.2) is 0 Å². The largest absolute Gasteiger partial charge is 0.396 e. The molecular weight excluding hydrogens is 248 g/mol. The SMILES string of the molecule is CCN(CCCO)c1nc(N)nc2sc(C)cc12. The Morgan fingerprint density at radius 1 is 1.44 bits per heavy atom. The van der Waals surface area contributed by atoms with Gasteiger partial charge < -0.3 is 15.7 Å². The lowest BCUT2D eigenvalue weighted by atomic mass is 10.3. The molecule has 2 rings (SSSR count). The Morgan fingerprint density at radius 3 is 2.89 bits per heavy atom. The van der Waals surface area contributed by atoms with Gasteiger partial charge in [-0.3, -0.25) is 0 Å². The van der Waals surface area contributed by atoms with Crippen LogP contribution in [0.15, 0.2) is 6.07 Å². The number of hydrogen-bond donors (Lipinski definition) is 2. The summed E-state index contributed by atoms with van der Waals surface area (Å²) in [5, 5.41) is 10.00. The van der Waals surface area contributed by atoms with E-state index in [1.165, 1.54) is 4.88 Å². The third kappa shape index (κ3) is 2.54. The molecule has 0 spiro atoms. The van der Waals surface area contributed by atoms with Crippen LogP contribution in [0.1, 0.15) is 18.2 Å². The first-order valence-electron chi connectivity index (χ1n) is 6.05. The zero-order valence-corrected chi connectivity index (χ0v) is 11.5. The fourth-order valence-electron chi connectivity index (χ4n) is 1.96. The van der Waals surface area contributed by atoms with Crippen molar-refractivity contribution in [3.05, 3.63) is 10.9 Å². The molecule has 0 bridgehead atoms. The summed E-state index contributed by atoms with van der Waals surface area (Å²) in [6, 6.07) is 2.09. The maximum absolute atomic E-state index is 8.95. The zero-order valence-electron chi connectivity index (χ0n) is 10.7. The minimum Gasteiger partial charge on any atom is -0.396 e. The second-order valence-corrected chi connectivity index (χ2v) is 5.37. The Labute approximate surface area is 110 Å². The first kappa shape index (κ1) is 13.0. The van der Waals surface area contributed by atoms with E-state index in [4.69, 9.17) is 10.8 Å². The van der Waals surface area contributed by atoms with Gasteiger partial charge in [0.05, 0.1) is 5.39 Å². The van der Waals surface area contributed by atoms with E-state index < -0.39 is 0 Å². The summed E-state index contributed by atoms with van der Waals surface area (Å²) in [5.41, 5.74) is 5.76. The zero-order chi connectivity index (χ0) is 13.1. The average molecular weight is 266 g/mol. The lowest BCUT2D eigenvalue weighted by Gasteiger charge is -2.22. The number of nitrogen functional groups attached to an aromatic ring is 1. The molecular formula is C12H18N4OS. The van der Waals surface area contributed by atoms with E-state index in [-0.39, 0.29) is 6.61 Å². The van der Waals surface area contributed by atoms with Gasteiger partial charge in [-0.25, -0.2) is 4.98 Å². The van der Waals surface area contributed by atoms with Gasteiger partial charge in [-0.2, -0.15) is 4.98 Å². The van der Waals surface area contributed by atoms with Crippen LogP contribution in [0.2, 0.25) is 0 Å². The highest BCUT2D eigenvalue weighted by atomic mass is 32.1. The van der Waals surface area contributed by atoms with Gasteiger partial charge in [-0.05, 0) is 26.3 Å². The second-order valence-electron chi connectivity index (χ2n) is 4.14. The van der Waals surface area contributed by atoms with E-state index in [2.05, 4.69) is 34.8 Å². The molecule has 0 radical (unpaired) electrons. The van der Waals surface area contributed by atoms with Gasteiger partial charge in [0.2, 0.25) is 5.95 Å². The van der Waals surface area contributed by atoms with Crippen LogP contribution in [0, 0.1) is 6.92 Å². The van der Waals surface area contributed by atoms with Gasteiger partial charge in [-0.1, -0.05) is 0 Å². The first-order valence-corrected chi connectivity index (χ1v) is 6.86. The summed E-state index contributed by atoms with van der Waals surface area (Å²) in [7, 11) is 0. The fourth-order valence-corrected chi connectivity index (χ4v) is 2.84. The van der Waals surface area contributed by atoms with Crippen molar-refractivity contribution in [3.8, 4) is 0 Å². The van der Waals surface area contributed by atoms with E-state index in [0.29, 0.717) is 5.95 Å². The molecule has 0 unspecified atom stereocenters. The van der Waals surface area contributed by atoms with Crippen molar-refractivity contribution in [2.75, 3.05) is 30.3 Å². The molecule has 98 valence electrons. The standard InChI is InChI=1S/C12H18N4OS/c1-3-16(5-4-6-17)10-9-7-8(2)18-11(9)15-12(13)14-10/h7,17H,3-6H2,1-2H3,(H2,13,14,15). The molecule has 0 amide bonds. The molecule has 2 aromatic heterocycles. The van der Waals surface area contributed by atoms with Gasteiger partial charge >= 0.3 is 0 Å². The molecule has 0 aliphatic carbocycles. The summed E-state index contributed by atoms with van der Waals surface area (Å²) in [6.45, 7) is 5.91. The van der Waals surface area contributed by atoms with Crippen molar-refractivity contribution < 1.29 is 5.11 Å². The molecule has 2 heterocycles. The highest BCUT2D eigenvalue weighted by Crippen LogP contribution is 2.31. The van der Waals surface area contributed by atoms with Crippen molar-refractivity contribution in [3.63, 3.8) is 0 Å². The summed E-state index contributed by atoms with van der Waals surface area (Å²) in [5.74, 6) is 1.18. The molecule has 3 N–H and O–H groups in total. The van der Waals surface area contributed by atoms with Crippen LogP contribution in [0.5, 0.6) is 0 Å². The average Bonchev–Trinajstić information content (AvgIpc) is 2.70. The Hall–Kier alpha value is -1.40. The molecule has 5 nitrogen and oxygen atoms in total. The number of aromatic nitrogens is 2. The molecule has 0 atom stereocenters. The highest BCUT2D eigenvalue weighted by molar-refractivity contribution is 7.18. The number of fused-ring (bicyclic) bond motifs is 1. The summed E-state index contributed by atoms with van der Waals surface area (Å²) >= 11 is 1.63. The number of hydrogen-bond acceptors (Lipinski definition) is 6. The van der Waals surface area contributed by atoms with Gasteiger partial charge in [0.25, 0.3) is 0 Å². The molecule has 0 fully saturated rings. The van der Waals surface area contributed by atoms with E-state index in [1.54, 1.807) is 11.3 Å². The molecule has 0 aliphatic heterocycles. The Balaban J connectivity index is 2.46. The van der Waals surface area contributed by atoms with Crippen molar-refractivity contribution in [1.29, 1.82) is 0 Å². The lowest BCUT2D eigenvalue weighted by molar-refractivity contribution is 0.289. The number of rotatable bonds is 5. The predicted octanol–water partition coefficient (Wildman–Crippen LogP) is 1.79. The van der Waals surface area contributed by atoms with Crippen molar-refractivity contribution in [2.24, 2.45) is 0 Å². The first-order chi connectivity index (χ1) is 8.65. The smallest absolute Gasteiger partial charge is 0.223 e. The van der Waals surface area contributed by atoms with E-state index >= 15 is 0 Å². The summed E-state index contributed by atoms with van der Waals surface area (Å²) in [4.78, 5) is 12.9. The Morgan fingerprint density at radius 2 is 2.22 bits per heavy atom. The van der Waals surface area contributed by atoms with Crippen molar-refractivity contribution in [1.82, 2.24) is 9.97 Å². The number of nitrogens with zero attached hydrogens (tertiary/aromatic N) is 3. The monoisotopic (exact) mass is 266 g/mol. The number of aliphatic hydroxyl groups is 1. The van der Waals surface area contributed by atoms with Crippen LogP contribution < -0.4 is 10.6 Å². The molecule has 0 saturated carbocycles. The predicted molar refractivity (Wildman–Crippen MR) is 76.2 cm³/mol. The molecule has 6 heteroatoms. The van der Waals surface area contributed by atoms with E-state index in [9.17, 15) is 0 Å². The number of anilines is 2. The van der Waals surface area contributed by atoms with Crippen LogP contribution in [0.3, 0.4) is 0 Å². The van der Waals surface area contributed by atoms with Crippen LogP contribution in [0.4, 0.5) is 11.8 Å². The third-order valence-electron chi connectivity index (χ3n) is 2.78. The maximum Gasteiger partial charge on any atom is 0.223 e. The number of thiophene rings is 1. The summed E-state index contributed by atoms with van der Waals surface area (Å²) < 4.78 is 0. The number of aliphatic hydroxyl groups excluding tert-OH is 1. The van der Waals surface area contributed by atoms with Gasteiger partial charge in [0, 0.05) is 24.6 Å². The van der Waals surface area contributed by atoms with E-state index in [1.807, 2.05) is 0 Å². The minimum absolute atomic E-state index is 0.183. The Kier molecular flexibility index (Phi) is 3.98. The molecule has 0 aliphatic rings. The molecule has 2 aromatic rings. The normalized spacial score (nSPS) is 11.1. The molecule has 18 heavy (non-hydrogen) atoms. The maximum atomic E-state index is 8.95. The molecule has 0 aromatic carbocycles.